The van der Waals surface area contributed by atoms with Gasteiger partial charge in [0.2, 0.25) is 0 Å². The molecule has 1 aliphatic heterocycles. The average molecular weight is 297 g/mol. The molecule has 0 aliphatic carbocycles. The largest absolute Gasteiger partial charge is 0.336 e. The van der Waals surface area contributed by atoms with Crippen LogP contribution in [-0.4, -0.2) is 28.4 Å². The van der Waals surface area contributed by atoms with Crippen LogP contribution in [0.2, 0.25) is 0 Å². The Morgan fingerprint density at radius 3 is 2.94 bits per heavy atom. The van der Waals surface area contributed by atoms with Crippen molar-refractivity contribution in [3.63, 3.8) is 0 Å². The minimum absolute atomic E-state index is 0.114. The van der Waals surface area contributed by atoms with Gasteiger partial charge in [0.1, 0.15) is 0 Å². The fourth-order valence-corrected chi connectivity index (χ4v) is 2.60. The third kappa shape index (κ3) is 2.51. The van der Waals surface area contributed by atoms with E-state index < -0.39 is 0 Å². The van der Waals surface area contributed by atoms with Crippen LogP contribution in [0.4, 0.5) is 0 Å². The van der Waals surface area contributed by atoms with Gasteiger partial charge in [0.15, 0.2) is 0 Å². The maximum atomic E-state index is 12.4. The van der Waals surface area contributed by atoms with E-state index in [4.69, 9.17) is 0 Å². The van der Waals surface area contributed by atoms with Crippen LogP contribution in [0.1, 0.15) is 42.1 Å². The van der Waals surface area contributed by atoms with Gasteiger partial charge in [-0.15, -0.1) is 0 Å². The summed E-state index contributed by atoms with van der Waals surface area (Å²) in [4.78, 5) is 18.5. The monoisotopic (exact) mass is 296 g/mol. The molecule has 0 bridgehead atoms. The first kappa shape index (κ1) is 12.6. The first-order valence-electron chi connectivity index (χ1n) is 6.02. The lowest BCUT2D eigenvalue weighted by Gasteiger charge is -2.33. The van der Waals surface area contributed by atoms with Crippen LogP contribution in [-0.2, 0) is 0 Å². The fraction of sp³-hybridized carbons (Fsp3) is 0.538. The summed E-state index contributed by atoms with van der Waals surface area (Å²) in [6, 6.07) is 0.342. The number of hydrogen-bond donors (Lipinski definition) is 0. The fourth-order valence-electron chi connectivity index (χ4n) is 2.27. The Morgan fingerprint density at radius 2 is 2.24 bits per heavy atom. The maximum absolute atomic E-state index is 12.4. The number of likely N-dealkylation sites (tertiary alicyclic amines) is 1. The van der Waals surface area contributed by atoms with Crippen molar-refractivity contribution in [2.24, 2.45) is 0 Å². The molecule has 1 aliphatic rings. The molecule has 1 amide bonds. The number of aromatic nitrogens is 1. The highest BCUT2D eigenvalue weighted by molar-refractivity contribution is 9.10. The van der Waals surface area contributed by atoms with Crippen molar-refractivity contribution < 1.29 is 4.79 Å². The summed E-state index contributed by atoms with van der Waals surface area (Å²) in [5.74, 6) is 0.114. The van der Waals surface area contributed by atoms with E-state index in [2.05, 4.69) is 27.8 Å². The van der Waals surface area contributed by atoms with Crippen molar-refractivity contribution in [2.75, 3.05) is 6.54 Å². The summed E-state index contributed by atoms with van der Waals surface area (Å²) in [7, 11) is 0. The zero-order valence-corrected chi connectivity index (χ0v) is 11.8. The van der Waals surface area contributed by atoms with Crippen LogP contribution < -0.4 is 0 Å². The highest BCUT2D eigenvalue weighted by Gasteiger charge is 2.25. The van der Waals surface area contributed by atoms with Crippen LogP contribution in [0.5, 0.6) is 0 Å². The smallest absolute Gasteiger partial charge is 0.255 e. The molecule has 1 fully saturated rings. The highest BCUT2D eigenvalue weighted by Crippen LogP contribution is 2.23. The van der Waals surface area contributed by atoms with E-state index in [1.54, 1.807) is 12.4 Å². The highest BCUT2D eigenvalue weighted by atomic mass is 79.9. The number of carbonyl (C=O) groups excluding carboxylic acids is 1. The van der Waals surface area contributed by atoms with Gasteiger partial charge in [-0.25, -0.2) is 0 Å². The zero-order valence-electron chi connectivity index (χ0n) is 10.2. The number of carbonyl (C=O) groups is 1. The predicted octanol–water partition coefficient (Wildman–Crippen LogP) is 3.17. The molecule has 0 N–H and O–H groups in total. The Bertz CT molecular complexity index is 433. The van der Waals surface area contributed by atoms with Gasteiger partial charge < -0.3 is 4.90 Å². The molecule has 1 unspecified atom stereocenters. The standard InChI is InChI=1S/C13H17BrN2O/c1-9-5-3-4-6-16(9)13(17)11-7-15-8-12(14)10(11)2/h7-9H,3-6H2,1-2H3. The van der Waals surface area contributed by atoms with Crippen molar-refractivity contribution in [2.45, 2.75) is 39.2 Å². The number of amides is 1. The van der Waals surface area contributed by atoms with Crippen molar-refractivity contribution in [1.82, 2.24) is 9.88 Å². The van der Waals surface area contributed by atoms with Crippen LogP contribution in [0.15, 0.2) is 16.9 Å². The molecular weight excluding hydrogens is 280 g/mol. The summed E-state index contributed by atoms with van der Waals surface area (Å²) >= 11 is 3.42. The Kier molecular flexibility index (Phi) is 3.82. The van der Waals surface area contributed by atoms with E-state index in [1.165, 1.54) is 6.42 Å². The van der Waals surface area contributed by atoms with Gasteiger partial charge in [-0.05, 0) is 54.6 Å². The molecule has 0 saturated carbocycles. The van der Waals surface area contributed by atoms with Gasteiger partial charge in [-0.2, -0.15) is 0 Å². The first-order valence-corrected chi connectivity index (χ1v) is 6.81. The second-order valence-corrected chi connectivity index (χ2v) is 5.49. The van der Waals surface area contributed by atoms with Gasteiger partial charge in [-0.1, -0.05) is 0 Å². The molecule has 1 saturated heterocycles. The Labute approximate surface area is 110 Å². The quantitative estimate of drug-likeness (QED) is 0.797. The summed E-state index contributed by atoms with van der Waals surface area (Å²) in [6.45, 7) is 4.94. The molecule has 17 heavy (non-hydrogen) atoms. The molecule has 2 heterocycles. The number of pyridine rings is 1. The number of rotatable bonds is 1. The van der Waals surface area contributed by atoms with Gasteiger partial charge in [0.05, 0.1) is 5.56 Å². The molecule has 2 rings (SSSR count). The molecule has 0 spiro atoms. The Balaban J connectivity index is 2.27. The van der Waals surface area contributed by atoms with Crippen LogP contribution in [0.25, 0.3) is 0 Å². The molecule has 4 heteroatoms. The molecular formula is C13H17BrN2O. The minimum Gasteiger partial charge on any atom is -0.336 e. The van der Waals surface area contributed by atoms with Crippen molar-refractivity contribution in [3.05, 3.63) is 28.0 Å². The molecule has 92 valence electrons. The summed E-state index contributed by atoms with van der Waals surface area (Å²) in [6.07, 6.45) is 6.83. The molecule has 1 atom stereocenters. The molecule has 0 radical (unpaired) electrons. The second kappa shape index (κ2) is 5.17. The third-order valence-electron chi connectivity index (χ3n) is 3.45. The summed E-state index contributed by atoms with van der Waals surface area (Å²) in [5.41, 5.74) is 1.69. The van der Waals surface area contributed by atoms with E-state index >= 15 is 0 Å². The van der Waals surface area contributed by atoms with Crippen LogP contribution in [0, 0.1) is 6.92 Å². The van der Waals surface area contributed by atoms with Crippen molar-refractivity contribution in [3.8, 4) is 0 Å². The number of hydrogen-bond acceptors (Lipinski definition) is 2. The lowest BCUT2D eigenvalue weighted by atomic mass is 10.0. The molecule has 1 aromatic heterocycles. The van der Waals surface area contributed by atoms with E-state index in [0.717, 1.165) is 29.4 Å². The molecule has 0 aromatic carbocycles. The molecule has 3 nitrogen and oxygen atoms in total. The van der Waals surface area contributed by atoms with Gasteiger partial charge in [0, 0.05) is 29.5 Å². The van der Waals surface area contributed by atoms with Gasteiger partial charge in [0.25, 0.3) is 5.91 Å². The van der Waals surface area contributed by atoms with E-state index in [0.29, 0.717) is 11.6 Å². The SMILES string of the molecule is Cc1c(Br)cncc1C(=O)N1CCCCC1C. The van der Waals surface area contributed by atoms with Crippen molar-refractivity contribution >= 4 is 21.8 Å². The maximum Gasteiger partial charge on any atom is 0.255 e. The normalized spacial score (nSPS) is 20.4. The third-order valence-corrected chi connectivity index (χ3v) is 4.25. The first-order chi connectivity index (χ1) is 8.11. The lowest BCUT2D eigenvalue weighted by molar-refractivity contribution is 0.0634. The second-order valence-electron chi connectivity index (χ2n) is 4.64. The lowest BCUT2D eigenvalue weighted by Crippen LogP contribution is -2.42. The Morgan fingerprint density at radius 1 is 1.47 bits per heavy atom. The van der Waals surface area contributed by atoms with E-state index in [9.17, 15) is 4.79 Å². The summed E-state index contributed by atoms with van der Waals surface area (Å²) in [5, 5.41) is 0. The van der Waals surface area contributed by atoms with E-state index in [1.807, 2.05) is 11.8 Å². The molecule has 1 aromatic rings. The number of piperidine rings is 1. The topological polar surface area (TPSA) is 33.2 Å². The Hall–Kier alpha value is -0.900. The predicted molar refractivity (Wildman–Crippen MR) is 71.0 cm³/mol. The summed E-state index contributed by atoms with van der Waals surface area (Å²) < 4.78 is 0.896. The van der Waals surface area contributed by atoms with Gasteiger partial charge in [-0.3, -0.25) is 9.78 Å². The minimum atomic E-state index is 0.114. The van der Waals surface area contributed by atoms with Crippen molar-refractivity contribution in [1.29, 1.82) is 0 Å². The van der Waals surface area contributed by atoms with Crippen LogP contribution in [0.3, 0.4) is 0 Å². The number of halogens is 1. The zero-order chi connectivity index (χ0) is 12.4. The average Bonchev–Trinajstić information content (AvgIpc) is 2.32. The van der Waals surface area contributed by atoms with E-state index in [-0.39, 0.29) is 5.91 Å². The van der Waals surface area contributed by atoms with Crippen LogP contribution >= 0.6 is 15.9 Å². The van der Waals surface area contributed by atoms with Gasteiger partial charge >= 0.3 is 0 Å². The number of nitrogens with zero attached hydrogens (tertiary/aromatic N) is 2.